The second-order valence-corrected chi connectivity index (χ2v) is 4.28. The molecule has 1 aromatic heterocycles. The predicted octanol–water partition coefficient (Wildman–Crippen LogP) is 1.46. The van der Waals surface area contributed by atoms with Crippen molar-refractivity contribution in [2.45, 2.75) is 6.92 Å². The number of ketones is 1. The van der Waals surface area contributed by atoms with Gasteiger partial charge in [0.15, 0.2) is 5.78 Å². The molecular weight excluding hydrogens is 170 g/mol. The fourth-order valence-corrected chi connectivity index (χ4v) is 1.97. The fourth-order valence-electron chi connectivity index (χ4n) is 1.28. The van der Waals surface area contributed by atoms with Crippen molar-refractivity contribution in [1.82, 2.24) is 5.32 Å². The van der Waals surface area contributed by atoms with E-state index in [4.69, 9.17) is 0 Å². The normalized spacial score (nSPS) is 17.4. The lowest BCUT2D eigenvalue weighted by Crippen LogP contribution is -2.46. The zero-order valence-corrected chi connectivity index (χ0v) is 7.78. The van der Waals surface area contributed by atoms with Crippen LogP contribution in [0.15, 0.2) is 11.4 Å². The molecule has 0 bridgehead atoms. The molecule has 2 heterocycles. The standard InChI is InChI=1S/C9H11NOS/c1-6-2-7(5-12-6)9(11)8-3-10-4-8/h2,5,8,10H,3-4H2,1H3. The molecule has 1 aliphatic heterocycles. The van der Waals surface area contributed by atoms with E-state index in [1.807, 2.05) is 18.4 Å². The number of hydrogen-bond donors (Lipinski definition) is 1. The Morgan fingerprint density at radius 1 is 1.67 bits per heavy atom. The van der Waals surface area contributed by atoms with Crippen molar-refractivity contribution < 1.29 is 4.79 Å². The van der Waals surface area contributed by atoms with Gasteiger partial charge in [-0.15, -0.1) is 11.3 Å². The Bertz CT molecular complexity index is 301. The van der Waals surface area contributed by atoms with Gasteiger partial charge in [0.25, 0.3) is 0 Å². The summed E-state index contributed by atoms with van der Waals surface area (Å²) in [6, 6.07) is 1.98. The smallest absolute Gasteiger partial charge is 0.169 e. The third-order valence-corrected chi connectivity index (χ3v) is 3.03. The quantitative estimate of drug-likeness (QED) is 0.700. The van der Waals surface area contributed by atoms with E-state index in [0.717, 1.165) is 18.7 Å². The van der Waals surface area contributed by atoms with E-state index in [1.165, 1.54) is 4.88 Å². The number of carbonyl (C=O) groups is 1. The third kappa shape index (κ3) is 1.30. The van der Waals surface area contributed by atoms with Crippen molar-refractivity contribution in [1.29, 1.82) is 0 Å². The van der Waals surface area contributed by atoms with Crippen LogP contribution < -0.4 is 5.32 Å². The van der Waals surface area contributed by atoms with E-state index in [9.17, 15) is 4.79 Å². The van der Waals surface area contributed by atoms with Crippen LogP contribution in [-0.2, 0) is 0 Å². The molecule has 1 aliphatic rings. The second kappa shape index (κ2) is 2.99. The van der Waals surface area contributed by atoms with Crippen LogP contribution in [0.5, 0.6) is 0 Å². The van der Waals surface area contributed by atoms with E-state index in [1.54, 1.807) is 11.3 Å². The number of rotatable bonds is 2. The minimum absolute atomic E-state index is 0.235. The number of Topliss-reactive ketones (excluding diaryl/α,β-unsaturated/α-hetero) is 1. The molecule has 1 aromatic rings. The number of hydrogen-bond acceptors (Lipinski definition) is 3. The summed E-state index contributed by atoms with van der Waals surface area (Å²) in [6.45, 7) is 3.74. The molecule has 1 saturated heterocycles. The molecule has 1 N–H and O–H groups in total. The Kier molecular flexibility index (Phi) is 1.98. The minimum atomic E-state index is 0.235. The first kappa shape index (κ1) is 7.95. The van der Waals surface area contributed by atoms with Crippen molar-refractivity contribution in [2.24, 2.45) is 5.92 Å². The number of thiophene rings is 1. The molecule has 0 atom stereocenters. The molecule has 12 heavy (non-hydrogen) atoms. The summed E-state index contributed by atoms with van der Waals surface area (Å²) in [5.74, 6) is 0.539. The van der Waals surface area contributed by atoms with Crippen LogP contribution >= 0.6 is 11.3 Å². The first-order valence-corrected chi connectivity index (χ1v) is 4.95. The Labute approximate surface area is 75.6 Å². The minimum Gasteiger partial charge on any atom is -0.315 e. The zero-order valence-electron chi connectivity index (χ0n) is 6.96. The van der Waals surface area contributed by atoms with Crippen LogP contribution in [0.4, 0.5) is 0 Å². The fraction of sp³-hybridized carbons (Fsp3) is 0.444. The molecule has 2 rings (SSSR count). The van der Waals surface area contributed by atoms with Gasteiger partial charge in [-0.2, -0.15) is 0 Å². The molecule has 0 aliphatic carbocycles. The van der Waals surface area contributed by atoms with Gasteiger partial charge in [0.1, 0.15) is 0 Å². The first-order valence-electron chi connectivity index (χ1n) is 4.07. The van der Waals surface area contributed by atoms with Gasteiger partial charge in [0, 0.05) is 34.8 Å². The van der Waals surface area contributed by atoms with E-state index < -0.39 is 0 Å². The molecular formula is C9H11NOS. The van der Waals surface area contributed by atoms with Crippen LogP contribution in [-0.4, -0.2) is 18.9 Å². The Morgan fingerprint density at radius 3 is 2.83 bits per heavy atom. The highest BCUT2D eigenvalue weighted by molar-refractivity contribution is 7.10. The summed E-state index contributed by atoms with van der Waals surface area (Å²) in [6.07, 6.45) is 0. The lowest BCUT2D eigenvalue weighted by Gasteiger charge is -2.25. The molecule has 0 amide bonds. The van der Waals surface area contributed by atoms with Gasteiger partial charge in [-0.3, -0.25) is 4.79 Å². The zero-order chi connectivity index (χ0) is 8.55. The molecule has 1 fully saturated rings. The van der Waals surface area contributed by atoms with E-state index >= 15 is 0 Å². The Balaban J connectivity index is 2.13. The van der Waals surface area contributed by atoms with Crippen molar-refractivity contribution in [2.75, 3.05) is 13.1 Å². The number of nitrogens with one attached hydrogen (secondary N) is 1. The van der Waals surface area contributed by atoms with Gasteiger partial charge in [0.2, 0.25) is 0 Å². The largest absolute Gasteiger partial charge is 0.315 e. The van der Waals surface area contributed by atoms with Crippen molar-refractivity contribution >= 4 is 17.1 Å². The number of carbonyl (C=O) groups excluding carboxylic acids is 1. The highest BCUT2D eigenvalue weighted by Gasteiger charge is 2.26. The Morgan fingerprint density at radius 2 is 2.42 bits per heavy atom. The molecule has 0 aromatic carbocycles. The lowest BCUT2D eigenvalue weighted by molar-refractivity contribution is 0.0878. The SMILES string of the molecule is Cc1cc(C(=O)C2CNC2)cs1. The molecule has 0 unspecified atom stereocenters. The van der Waals surface area contributed by atoms with Gasteiger partial charge in [-0.05, 0) is 13.0 Å². The first-order chi connectivity index (χ1) is 5.77. The summed E-state index contributed by atoms with van der Waals surface area (Å²) in [5.41, 5.74) is 0.893. The van der Waals surface area contributed by atoms with Crippen LogP contribution in [0.25, 0.3) is 0 Å². The maximum absolute atomic E-state index is 11.6. The average molecular weight is 181 g/mol. The van der Waals surface area contributed by atoms with Crippen LogP contribution in [0.2, 0.25) is 0 Å². The maximum Gasteiger partial charge on any atom is 0.169 e. The summed E-state index contributed by atoms with van der Waals surface area (Å²) in [5, 5.41) is 5.06. The second-order valence-electron chi connectivity index (χ2n) is 3.17. The molecule has 2 nitrogen and oxygen atoms in total. The molecule has 0 saturated carbocycles. The summed E-state index contributed by atoms with van der Waals surface area (Å²) in [7, 11) is 0. The van der Waals surface area contributed by atoms with Crippen LogP contribution in [0.1, 0.15) is 15.2 Å². The van der Waals surface area contributed by atoms with Gasteiger partial charge >= 0.3 is 0 Å². The van der Waals surface area contributed by atoms with E-state index in [2.05, 4.69) is 5.32 Å². The van der Waals surface area contributed by atoms with E-state index in [0.29, 0.717) is 5.78 Å². The van der Waals surface area contributed by atoms with Gasteiger partial charge in [-0.1, -0.05) is 0 Å². The third-order valence-electron chi connectivity index (χ3n) is 2.17. The maximum atomic E-state index is 11.6. The molecule has 3 heteroatoms. The van der Waals surface area contributed by atoms with Crippen LogP contribution in [0.3, 0.4) is 0 Å². The molecule has 0 spiro atoms. The molecule has 64 valence electrons. The summed E-state index contributed by atoms with van der Waals surface area (Å²) < 4.78 is 0. The predicted molar refractivity (Wildman–Crippen MR) is 49.7 cm³/mol. The van der Waals surface area contributed by atoms with Crippen molar-refractivity contribution in [3.8, 4) is 0 Å². The topological polar surface area (TPSA) is 29.1 Å². The monoisotopic (exact) mass is 181 g/mol. The van der Waals surface area contributed by atoms with E-state index in [-0.39, 0.29) is 5.92 Å². The van der Waals surface area contributed by atoms with Gasteiger partial charge in [0.05, 0.1) is 0 Å². The lowest BCUT2D eigenvalue weighted by atomic mass is 9.94. The van der Waals surface area contributed by atoms with Crippen LogP contribution in [0, 0.1) is 12.8 Å². The highest BCUT2D eigenvalue weighted by Crippen LogP contribution is 2.18. The van der Waals surface area contributed by atoms with Gasteiger partial charge < -0.3 is 5.32 Å². The summed E-state index contributed by atoms with van der Waals surface area (Å²) in [4.78, 5) is 12.8. The molecule has 0 radical (unpaired) electrons. The number of aryl methyl sites for hydroxylation is 1. The van der Waals surface area contributed by atoms with Crippen molar-refractivity contribution in [3.63, 3.8) is 0 Å². The highest BCUT2D eigenvalue weighted by atomic mass is 32.1. The van der Waals surface area contributed by atoms with Crippen molar-refractivity contribution in [3.05, 3.63) is 21.9 Å². The summed E-state index contributed by atoms with van der Waals surface area (Å²) >= 11 is 1.64. The average Bonchev–Trinajstić information content (AvgIpc) is 2.31. The van der Waals surface area contributed by atoms with Gasteiger partial charge in [-0.25, -0.2) is 0 Å². The Hall–Kier alpha value is -0.670.